The summed E-state index contributed by atoms with van der Waals surface area (Å²) < 4.78 is 16.5. The van der Waals surface area contributed by atoms with Crippen molar-refractivity contribution in [3.63, 3.8) is 0 Å². The van der Waals surface area contributed by atoms with Gasteiger partial charge in [-0.25, -0.2) is 4.79 Å². The Morgan fingerprint density at radius 3 is 2.72 bits per heavy atom. The Hall–Kier alpha value is -3.65. The number of nitrogens with one attached hydrogen (secondary N) is 1. The van der Waals surface area contributed by atoms with Crippen LogP contribution in [0.3, 0.4) is 0 Å². The van der Waals surface area contributed by atoms with Crippen molar-refractivity contribution in [2.45, 2.75) is 32.9 Å². The molecule has 32 heavy (non-hydrogen) atoms. The van der Waals surface area contributed by atoms with E-state index in [0.717, 1.165) is 5.39 Å². The van der Waals surface area contributed by atoms with Crippen molar-refractivity contribution in [3.05, 3.63) is 59.9 Å². The molecule has 166 valence electrons. The number of hydrogen-bond donors (Lipinski definition) is 1. The van der Waals surface area contributed by atoms with Crippen molar-refractivity contribution in [3.8, 4) is 0 Å². The second kappa shape index (κ2) is 9.23. The summed E-state index contributed by atoms with van der Waals surface area (Å²) >= 11 is 0. The van der Waals surface area contributed by atoms with Crippen LogP contribution in [0.2, 0.25) is 0 Å². The van der Waals surface area contributed by atoms with Gasteiger partial charge in [0.05, 0.1) is 18.0 Å². The first-order valence-electron chi connectivity index (χ1n) is 10.5. The number of amides is 2. The molecule has 0 spiro atoms. The highest BCUT2D eigenvalue weighted by atomic mass is 16.5. The van der Waals surface area contributed by atoms with E-state index in [2.05, 4.69) is 5.32 Å². The summed E-state index contributed by atoms with van der Waals surface area (Å²) in [6.45, 7) is 3.82. The van der Waals surface area contributed by atoms with Crippen LogP contribution in [0, 0.1) is 0 Å². The molecule has 8 heteroatoms. The maximum Gasteiger partial charge on any atom is 0.375 e. The number of carbonyl (C=O) groups is 3. The third-order valence-electron chi connectivity index (χ3n) is 5.29. The van der Waals surface area contributed by atoms with Crippen LogP contribution < -0.4 is 10.2 Å². The molecule has 1 atom stereocenters. The molecule has 0 radical (unpaired) electrons. The van der Waals surface area contributed by atoms with E-state index in [1.807, 2.05) is 25.1 Å². The third-order valence-corrected chi connectivity index (χ3v) is 5.29. The van der Waals surface area contributed by atoms with Crippen molar-refractivity contribution in [2.75, 3.05) is 23.4 Å². The standard InChI is InChI=1S/C24H24N2O6/c1-3-30-13-17-16-8-4-7-11-20(16)32-23(17)24(29)31-14-22(28)26-15(2)12-21(27)25-18-9-5-6-10-19(18)26/h4-11,15H,3,12-14H2,1-2H3,(H,25,27)/t15-/m1/s1. The van der Waals surface area contributed by atoms with E-state index < -0.39 is 24.5 Å². The fourth-order valence-corrected chi connectivity index (χ4v) is 3.84. The van der Waals surface area contributed by atoms with Crippen LogP contribution >= 0.6 is 0 Å². The first-order valence-corrected chi connectivity index (χ1v) is 10.5. The molecule has 1 aromatic heterocycles. The van der Waals surface area contributed by atoms with Gasteiger partial charge in [-0.15, -0.1) is 0 Å². The largest absolute Gasteiger partial charge is 0.450 e. The van der Waals surface area contributed by atoms with Gasteiger partial charge in [-0.3, -0.25) is 9.59 Å². The van der Waals surface area contributed by atoms with Crippen LogP contribution in [0.5, 0.6) is 0 Å². The number of nitrogens with zero attached hydrogens (tertiary/aromatic N) is 1. The Labute approximate surface area is 185 Å². The summed E-state index contributed by atoms with van der Waals surface area (Å²) in [7, 11) is 0. The zero-order valence-corrected chi connectivity index (χ0v) is 17.9. The summed E-state index contributed by atoms with van der Waals surface area (Å²) in [6.07, 6.45) is 0.135. The molecule has 0 unspecified atom stereocenters. The van der Waals surface area contributed by atoms with Crippen molar-refractivity contribution in [2.24, 2.45) is 0 Å². The van der Waals surface area contributed by atoms with E-state index in [1.54, 1.807) is 37.3 Å². The van der Waals surface area contributed by atoms with E-state index in [1.165, 1.54) is 4.90 Å². The van der Waals surface area contributed by atoms with Crippen LogP contribution in [0.4, 0.5) is 11.4 Å². The molecule has 1 aliphatic rings. The number of rotatable bonds is 6. The van der Waals surface area contributed by atoms with Crippen LogP contribution in [-0.2, 0) is 25.7 Å². The molecular weight excluding hydrogens is 412 g/mol. The fourth-order valence-electron chi connectivity index (χ4n) is 3.84. The number of anilines is 2. The van der Waals surface area contributed by atoms with Crippen LogP contribution in [0.15, 0.2) is 52.9 Å². The van der Waals surface area contributed by atoms with Gasteiger partial charge in [0.15, 0.2) is 6.61 Å². The lowest BCUT2D eigenvalue weighted by Crippen LogP contribution is -2.41. The Bertz CT molecular complexity index is 1170. The van der Waals surface area contributed by atoms with Gasteiger partial charge in [0.2, 0.25) is 11.7 Å². The average Bonchev–Trinajstić information content (AvgIpc) is 3.09. The third kappa shape index (κ3) is 4.22. The molecule has 3 aromatic rings. The van der Waals surface area contributed by atoms with Gasteiger partial charge < -0.3 is 24.1 Å². The number of hydrogen-bond acceptors (Lipinski definition) is 6. The first kappa shape index (κ1) is 21.6. The molecule has 1 N–H and O–H groups in total. The summed E-state index contributed by atoms with van der Waals surface area (Å²) in [5.41, 5.74) is 2.23. The second-order valence-electron chi connectivity index (χ2n) is 7.50. The smallest absolute Gasteiger partial charge is 0.375 e. The second-order valence-corrected chi connectivity index (χ2v) is 7.50. The monoisotopic (exact) mass is 436 g/mol. The highest BCUT2D eigenvalue weighted by Gasteiger charge is 2.31. The summed E-state index contributed by atoms with van der Waals surface area (Å²) in [5, 5.41) is 3.56. The Kier molecular flexibility index (Phi) is 6.23. The minimum Gasteiger partial charge on any atom is -0.450 e. The zero-order chi connectivity index (χ0) is 22.7. The van der Waals surface area contributed by atoms with E-state index in [9.17, 15) is 14.4 Å². The quantitative estimate of drug-likeness (QED) is 0.589. The predicted octanol–water partition coefficient (Wildman–Crippen LogP) is 3.89. The molecule has 0 aliphatic carbocycles. The Morgan fingerprint density at radius 1 is 1.16 bits per heavy atom. The number of fused-ring (bicyclic) bond motifs is 2. The molecule has 4 rings (SSSR count). The molecule has 2 heterocycles. The minimum atomic E-state index is -0.741. The summed E-state index contributed by atoms with van der Waals surface area (Å²) in [6, 6.07) is 13.9. The van der Waals surface area contributed by atoms with Gasteiger partial charge in [0, 0.05) is 30.0 Å². The Morgan fingerprint density at radius 2 is 1.91 bits per heavy atom. The normalized spacial score (nSPS) is 15.8. The molecular formula is C24H24N2O6. The molecule has 0 bridgehead atoms. The molecule has 1 aliphatic heterocycles. The summed E-state index contributed by atoms with van der Waals surface area (Å²) in [4.78, 5) is 39.5. The highest BCUT2D eigenvalue weighted by Crippen LogP contribution is 2.31. The van der Waals surface area contributed by atoms with Crippen molar-refractivity contribution in [1.29, 1.82) is 0 Å². The van der Waals surface area contributed by atoms with Gasteiger partial charge in [-0.1, -0.05) is 30.3 Å². The maximum atomic E-state index is 13.0. The van der Waals surface area contributed by atoms with Crippen LogP contribution in [-0.4, -0.2) is 37.0 Å². The number of esters is 1. The lowest BCUT2D eigenvalue weighted by molar-refractivity contribution is -0.122. The Balaban J connectivity index is 1.54. The molecule has 2 amide bonds. The number of para-hydroxylation sites is 3. The zero-order valence-electron chi connectivity index (χ0n) is 17.9. The number of furan rings is 1. The van der Waals surface area contributed by atoms with Crippen molar-refractivity contribution >= 4 is 40.1 Å². The predicted molar refractivity (Wildman–Crippen MR) is 118 cm³/mol. The van der Waals surface area contributed by atoms with Gasteiger partial charge in [0.25, 0.3) is 5.91 Å². The minimum absolute atomic E-state index is 0.0219. The van der Waals surface area contributed by atoms with E-state index >= 15 is 0 Å². The molecule has 8 nitrogen and oxygen atoms in total. The average molecular weight is 436 g/mol. The SMILES string of the molecule is CCOCc1c(C(=O)OCC(=O)N2c3ccccc3NC(=O)C[C@H]2C)oc2ccccc12. The summed E-state index contributed by atoms with van der Waals surface area (Å²) in [5.74, 6) is -1.33. The molecule has 0 fully saturated rings. The van der Waals surface area contributed by atoms with E-state index in [4.69, 9.17) is 13.9 Å². The van der Waals surface area contributed by atoms with Gasteiger partial charge in [-0.2, -0.15) is 0 Å². The molecule has 0 saturated heterocycles. The fraction of sp³-hybridized carbons (Fsp3) is 0.292. The highest BCUT2D eigenvalue weighted by molar-refractivity contribution is 6.05. The lowest BCUT2D eigenvalue weighted by Gasteiger charge is -2.27. The molecule has 0 saturated carbocycles. The number of ether oxygens (including phenoxy) is 2. The van der Waals surface area contributed by atoms with Crippen molar-refractivity contribution < 1.29 is 28.3 Å². The first-order chi connectivity index (χ1) is 15.5. The number of carbonyl (C=O) groups excluding carboxylic acids is 3. The van der Waals surface area contributed by atoms with Crippen LogP contribution in [0.1, 0.15) is 36.4 Å². The van der Waals surface area contributed by atoms with Gasteiger partial charge in [-0.05, 0) is 32.0 Å². The topological polar surface area (TPSA) is 98.1 Å². The molecule has 2 aromatic carbocycles. The van der Waals surface area contributed by atoms with Crippen LogP contribution in [0.25, 0.3) is 11.0 Å². The lowest BCUT2D eigenvalue weighted by atomic mass is 10.1. The maximum absolute atomic E-state index is 13.0. The number of benzene rings is 2. The van der Waals surface area contributed by atoms with Gasteiger partial charge in [0.1, 0.15) is 5.58 Å². The van der Waals surface area contributed by atoms with Crippen molar-refractivity contribution in [1.82, 2.24) is 0 Å². The van der Waals surface area contributed by atoms with E-state index in [0.29, 0.717) is 29.1 Å². The van der Waals surface area contributed by atoms with Gasteiger partial charge >= 0.3 is 5.97 Å². The van der Waals surface area contributed by atoms with E-state index in [-0.39, 0.29) is 24.7 Å².